The summed E-state index contributed by atoms with van der Waals surface area (Å²) in [5.74, 6) is -0.669. The number of benzene rings is 1. The molecule has 0 saturated carbocycles. The number of carbonyl (C=O) groups excluding carboxylic acids is 1. The monoisotopic (exact) mass is 250 g/mol. The molecule has 0 bridgehead atoms. The van der Waals surface area contributed by atoms with E-state index in [0.717, 1.165) is 5.56 Å². The third-order valence-electron chi connectivity index (χ3n) is 2.78. The molecule has 2 N–H and O–H groups in total. The van der Waals surface area contributed by atoms with E-state index < -0.39 is 11.8 Å². The maximum Gasteiger partial charge on any atom is 0.419 e. The smallest absolute Gasteiger partial charge is 0.408 e. The van der Waals surface area contributed by atoms with Gasteiger partial charge in [0.2, 0.25) is 5.91 Å². The second-order valence-electron chi connectivity index (χ2n) is 4.09. The van der Waals surface area contributed by atoms with Crippen LogP contribution in [0.15, 0.2) is 27.4 Å². The van der Waals surface area contributed by atoms with Crippen LogP contribution in [0.4, 0.5) is 0 Å². The lowest BCUT2D eigenvalue weighted by molar-refractivity contribution is -0.120. The van der Waals surface area contributed by atoms with Gasteiger partial charge in [0.1, 0.15) is 0 Å². The SMILES string of the molecule is CC(=O)NC(CO)c1ccc2oc(=O)n(C)c2c1. The molecule has 6 heteroatoms. The van der Waals surface area contributed by atoms with Gasteiger partial charge in [-0.2, -0.15) is 0 Å². The molecule has 2 rings (SSSR count). The number of nitrogens with one attached hydrogen (secondary N) is 1. The van der Waals surface area contributed by atoms with Crippen LogP contribution < -0.4 is 11.1 Å². The maximum absolute atomic E-state index is 11.3. The van der Waals surface area contributed by atoms with Crippen molar-refractivity contribution in [2.24, 2.45) is 7.05 Å². The van der Waals surface area contributed by atoms with Gasteiger partial charge in [0.05, 0.1) is 18.2 Å². The average molecular weight is 250 g/mol. The van der Waals surface area contributed by atoms with Crippen molar-refractivity contribution >= 4 is 17.0 Å². The first kappa shape index (κ1) is 12.4. The number of carbonyl (C=O) groups is 1. The van der Waals surface area contributed by atoms with Crippen molar-refractivity contribution in [2.45, 2.75) is 13.0 Å². The van der Waals surface area contributed by atoms with E-state index in [0.29, 0.717) is 11.1 Å². The lowest BCUT2D eigenvalue weighted by atomic mass is 10.1. The second-order valence-corrected chi connectivity index (χ2v) is 4.09. The number of hydrogen-bond acceptors (Lipinski definition) is 4. The van der Waals surface area contributed by atoms with Crippen molar-refractivity contribution in [3.8, 4) is 0 Å². The fourth-order valence-electron chi connectivity index (χ4n) is 1.84. The van der Waals surface area contributed by atoms with Crippen LogP contribution in [-0.2, 0) is 11.8 Å². The quantitative estimate of drug-likeness (QED) is 0.820. The van der Waals surface area contributed by atoms with Crippen LogP contribution in [0.1, 0.15) is 18.5 Å². The zero-order valence-electron chi connectivity index (χ0n) is 10.1. The van der Waals surface area contributed by atoms with Gasteiger partial charge < -0.3 is 14.8 Å². The number of rotatable bonds is 3. The van der Waals surface area contributed by atoms with Crippen LogP contribution in [0.2, 0.25) is 0 Å². The van der Waals surface area contributed by atoms with E-state index in [-0.39, 0.29) is 12.5 Å². The summed E-state index contributed by atoms with van der Waals surface area (Å²) in [6.45, 7) is 1.17. The topological polar surface area (TPSA) is 84.5 Å². The summed E-state index contributed by atoms with van der Waals surface area (Å²) < 4.78 is 6.38. The highest BCUT2D eigenvalue weighted by Crippen LogP contribution is 2.19. The standard InChI is InChI=1S/C12H14N2O4/c1-7(16)13-9(6-15)8-3-4-11-10(5-8)14(2)12(17)18-11/h3-5,9,15H,6H2,1-2H3,(H,13,16). The molecule has 0 saturated heterocycles. The van der Waals surface area contributed by atoms with Gasteiger partial charge in [0.25, 0.3) is 0 Å². The van der Waals surface area contributed by atoms with Gasteiger partial charge in [0.15, 0.2) is 5.58 Å². The van der Waals surface area contributed by atoms with Gasteiger partial charge in [-0.25, -0.2) is 4.79 Å². The number of hydrogen-bond donors (Lipinski definition) is 2. The van der Waals surface area contributed by atoms with Crippen LogP contribution in [0.25, 0.3) is 11.1 Å². The molecule has 18 heavy (non-hydrogen) atoms. The van der Waals surface area contributed by atoms with Crippen LogP contribution in [0.5, 0.6) is 0 Å². The highest BCUT2D eigenvalue weighted by Gasteiger charge is 2.14. The Balaban J connectivity index is 2.48. The molecule has 1 atom stereocenters. The fraction of sp³-hybridized carbons (Fsp3) is 0.333. The summed E-state index contributed by atoms with van der Waals surface area (Å²) in [5.41, 5.74) is 1.82. The third-order valence-corrected chi connectivity index (χ3v) is 2.78. The first-order valence-corrected chi connectivity index (χ1v) is 5.50. The molecule has 1 aromatic carbocycles. The van der Waals surface area contributed by atoms with Crippen molar-refractivity contribution in [3.05, 3.63) is 34.3 Å². The number of nitrogens with zero attached hydrogens (tertiary/aromatic N) is 1. The summed E-state index contributed by atoms with van der Waals surface area (Å²) in [6.07, 6.45) is 0. The maximum atomic E-state index is 11.3. The van der Waals surface area contributed by atoms with Crippen LogP contribution in [0, 0.1) is 0 Å². The fourth-order valence-corrected chi connectivity index (χ4v) is 1.84. The Morgan fingerprint density at radius 1 is 1.56 bits per heavy atom. The third kappa shape index (κ3) is 2.14. The van der Waals surface area contributed by atoms with Gasteiger partial charge in [0, 0.05) is 14.0 Å². The number of oxazole rings is 1. The molecule has 0 fully saturated rings. The average Bonchev–Trinajstić information content (AvgIpc) is 2.62. The molecular formula is C12H14N2O4. The van der Waals surface area contributed by atoms with Crippen molar-refractivity contribution in [1.82, 2.24) is 9.88 Å². The molecule has 0 aliphatic rings. The van der Waals surface area contributed by atoms with E-state index in [1.807, 2.05) is 0 Å². The van der Waals surface area contributed by atoms with Gasteiger partial charge in [-0.05, 0) is 17.7 Å². The Morgan fingerprint density at radius 2 is 2.28 bits per heavy atom. The highest BCUT2D eigenvalue weighted by atomic mass is 16.4. The zero-order chi connectivity index (χ0) is 13.3. The molecule has 6 nitrogen and oxygen atoms in total. The van der Waals surface area contributed by atoms with E-state index in [4.69, 9.17) is 4.42 Å². The first-order chi connectivity index (χ1) is 8.52. The number of amides is 1. The molecule has 0 radical (unpaired) electrons. The molecule has 0 aliphatic carbocycles. The largest absolute Gasteiger partial charge is 0.419 e. The highest BCUT2D eigenvalue weighted by molar-refractivity contribution is 5.75. The van der Waals surface area contributed by atoms with E-state index in [9.17, 15) is 14.7 Å². The molecule has 1 heterocycles. The Kier molecular flexibility index (Phi) is 3.20. The molecule has 1 amide bonds. The number of aliphatic hydroxyl groups is 1. The minimum absolute atomic E-state index is 0.211. The minimum Gasteiger partial charge on any atom is -0.408 e. The van der Waals surface area contributed by atoms with E-state index >= 15 is 0 Å². The van der Waals surface area contributed by atoms with Gasteiger partial charge in [-0.3, -0.25) is 9.36 Å². The Labute approximate surface area is 103 Å². The predicted molar refractivity (Wildman–Crippen MR) is 65.1 cm³/mol. The number of aliphatic hydroxyl groups excluding tert-OH is 1. The van der Waals surface area contributed by atoms with Gasteiger partial charge >= 0.3 is 5.76 Å². The Morgan fingerprint density at radius 3 is 2.89 bits per heavy atom. The summed E-state index contributed by atoms with van der Waals surface area (Å²) in [4.78, 5) is 22.4. The van der Waals surface area contributed by atoms with Gasteiger partial charge in [-0.1, -0.05) is 6.07 Å². The lowest BCUT2D eigenvalue weighted by Crippen LogP contribution is -2.28. The van der Waals surface area contributed by atoms with Gasteiger partial charge in [-0.15, -0.1) is 0 Å². The summed E-state index contributed by atoms with van der Waals surface area (Å²) in [6, 6.07) is 4.59. The number of fused-ring (bicyclic) bond motifs is 1. The van der Waals surface area contributed by atoms with Crippen molar-refractivity contribution in [3.63, 3.8) is 0 Å². The number of aromatic nitrogens is 1. The Hall–Kier alpha value is -2.08. The molecule has 1 unspecified atom stereocenters. The zero-order valence-corrected chi connectivity index (χ0v) is 10.1. The molecule has 2 aromatic rings. The number of aryl methyl sites for hydroxylation is 1. The second kappa shape index (κ2) is 4.66. The van der Waals surface area contributed by atoms with Crippen LogP contribution >= 0.6 is 0 Å². The first-order valence-electron chi connectivity index (χ1n) is 5.50. The summed E-state index contributed by atoms with van der Waals surface area (Å²) >= 11 is 0. The summed E-state index contributed by atoms with van der Waals surface area (Å²) in [5, 5.41) is 11.9. The van der Waals surface area contributed by atoms with Crippen molar-refractivity contribution in [1.29, 1.82) is 0 Å². The molecule has 1 aromatic heterocycles. The molecule has 96 valence electrons. The normalized spacial score (nSPS) is 12.6. The lowest BCUT2D eigenvalue weighted by Gasteiger charge is -2.15. The minimum atomic E-state index is -0.489. The summed E-state index contributed by atoms with van der Waals surface area (Å²) in [7, 11) is 1.60. The van der Waals surface area contributed by atoms with E-state index in [1.54, 1.807) is 25.2 Å². The predicted octanol–water partition coefficient (Wildman–Crippen LogP) is 0.301. The molecule has 0 aliphatic heterocycles. The van der Waals surface area contributed by atoms with Crippen LogP contribution in [0.3, 0.4) is 0 Å². The van der Waals surface area contributed by atoms with E-state index in [1.165, 1.54) is 11.5 Å². The van der Waals surface area contributed by atoms with Crippen molar-refractivity contribution < 1.29 is 14.3 Å². The molecule has 0 spiro atoms. The van der Waals surface area contributed by atoms with Crippen LogP contribution in [-0.4, -0.2) is 22.2 Å². The Bertz CT molecular complexity index is 641. The molecular weight excluding hydrogens is 236 g/mol. The van der Waals surface area contributed by atoms with E-state index in [2.05, 4.69) is 5.32 Å². The van der Waals surface area contributed by atoms with Crippen molar-refractivity contribution in [2.75, 3.05) is 6.61 Å².